The molecule has 1 aliphatic carbocycles. The van der Waals surface area contributed by atoms with Crippen molar-refractivity contribution in [3.63, 3.8) is 0 Å². The molecule has 2 N–H and O–H groups in total. The molecular formula is C18H34N4. The predicted octanol–water partition coefficient (Wildman–Crippen LogP) is 2.63. The van der Waals surface area contributed by atoms with Crippen LogP contribution in [0.2, 0.25) is 0 Å². The fraction of sp³-hybridized carbons (Fsp3) is 0.833. The monoisotopic (exact) mass is 306 g/mol. The van der Waals surface area contributed by atoms with Crippen molar-refractivity contribution in [2.24, 2.45) is 16.8 Å². The van der Waals surface area contributed by atoms with E-state index in [-0.39, 0.29) is 5.54 Å². The molecule has 0 aromatic rings. The Balaban J connectivity index is 1.84. The molecule has 2 unspecified atom stereocenters. The molecule has 1 aliphatic heterocycles. The van der Waals surface area contributed by atoms with Crippen molar-refractivity contribution in [1.29, 1.82) is 0 Å². The highest BCUT2D eigenvalue weighted by Gasteiger charge is 2.32. The van der Waals surface area contributed by atoms with Gasteiger partial charge in [-0.05, 0) is 44.9 Å². The maximum atomic E-state index is 4.38. The summed E-state index contributed by atoms with van der Waals surface area (Å²) in [6.45, 7) is 12.8. The number of aliphatic imine (C=N–C) groups is 1. The van der Waals surface area contributed by atoms with E-state index in [0.717, 1.165) is 37.2 Å². The Morgan fingerprint density at radius 3 is 2.32 bits per heavy atom. The van der Waals surface area contributed by atoms with Crippen molar-refractivity contribution in [2.45, 2.75) is 58.5 Å². The fourth-order valence-corrected chi connectivity index (χ4v) is 3.69. The normalized spacial score (nSPS) is 28.1. The minimum absolute atomic E-state index is 0.147. The molecule has 4 nitrogen and oxygen atoms in total. The van der Waals surface area contributed by atoms with Gasteiger partial charge < -0.3 is 10.6 Å². The molecule has 2 aliphatic rings. The number of hydrogen-bond donors (Lipinski definition) is 2. The van der Waals surface area contributed by atoms with Gasteiger partial charge in [-0.15, -0.1) is 0 Å². The molecule has 2 atom stereocenters. The van der Waals surface area contributed by atoms with Crippen LogP contribution in [0.25, 0.3) is 0 Å². The number of nitrogens with one attached hydrogen (secondary N) is 2. The first kappa shape index (κ1) is 17.3. The third kappa shape index (κ3) is 4.73. The molecule has 22 heavy (non-hydrogen) atoms. The van der Waals surface area contributed by atoms with Gasteiger partial charge in [0.1, 0.15) is 0 Å². The summed E-state index contributed by atoms with van der Waals surface area (Å²) in [5.41, 5.74) is 0.147. The van der Waals surface area contributed by atoms with Crippen molar-refractivity contribution in [1.82, 2.24) is 15.5 Å². The summed E-state index contributed by atoms with van der Waals surface area (Å²) < 4.78 is 0. The molecule has 0 bridgehead atoms. The van der Waals surface area contributed by atoms with Crippen LogP contribution < -0.4 is 10.6 Å². The number of rotatable bonds is 4. The standard InChI is InChI=1S/C18H34N4/c1-14-10-15(2)12-22(11-14)18(3,4)13-20-17(19-5)21-16-8-6-7-9-16/h6-7,14-16H,8-13H2,1-5H3,(H2,19,20,21). The van der Waals surface area contributed by atoms with Gasteiger partial charge in [-0.1, -0.05) is 26.0 Å². The molecule has 0 spiro atoms. The van der Waals surface area contributed by atoms with E-state index >= 15 is 0 Å². The van der Waals surface area contributed by atoms with Gasteiger partial charge in [0.05, 0.1) is 0 Å². The summed E-state index contributed by atoms with van der Waals surface area (Å²) in [7, 11) is 1.86. The first-order valence-electron chi connectivity index (χ1n) is 8.78. The van der Waals surface area contributed by atoms with E-state index in [1.54, 1.807) is 0 Å². The van der Waals surface area contributed by atoms with Crippen molar-refractivity contribution in [3.8, 4) is 0 Å². The van der Waals surface area contributed by atoms with Gasteiger partial charge in [0, 0.05) is 38.3 Å². The summed E-state index contributed by atoms with van der Waals surface area (Å²) in [5, 5.41) is 7.05. The molecule has 2 rings (SSSR count). The summed E-state index contributed by atoms with van der Waals surface area (Å²) >= 11 is 0. The first-order chi connectivity index (χ1) is 10.4. The molecule has 0 radical (unpaired) electrons. The van der Waals surface area contributed by atoms with Crippen LogP contribution in [-0.2, 0) is 0 Å². The topological polar surface area (TPSA) is 39.7 Å². The van der Waals surface area contributed by atoms with Gasteiger partial charge >= 0.3 is 0 Å². The average molecular weight is 306 g/mol. The highest BCUT2D eigenvalue weighted by molar-refractivity contribution is 5.80. The summed E-state index contributed by atoms with van der Waals surface area (Å²) in [6, 6.07) is 0.504. The zero-order valence-corrected chi connectivity index (χ0v) is 15.0. The maximum absolute atomic E-state index is 4.38. The zero-order chi connectivity index (χ0) is 16.2. The lowest BCUT2D eigenvalue weighted by atomic mass is 9.88. The largest absolute Gasteiger partial charge is 0.355 e. The highest BCUT2D eigenvalue weighted by atomic mass is 15.3. The van der Waals surface area contributed by atoms with E-state index in [9.17, 15) is 0 Å². The molecule has 1 saturated heterocycles. The number of piperidine rings is 1. The van der Waals surface area contributed by atoms with E-state index < -0.39 is 0 Å². The van der Waals surface area contributed by atoms with E-state index in [4.69, 9.17) is 0 Å². The molecule has 0 aromatic carbocycles. The molecule has 0 amide bonds. The Kier molecular flexibility index (Phi) is 5.90. The van der Waals surface area contributed by atoms with Gasteiger partial charge in [-0.2, -0.15) is 0 Å². The SMILES string of the molecule is CN=C(NCC(C)(C)N1CC(C)CC(C)C1)NC1CC=CC1. The smallest absolute Gasteiger partial charge is 0.191 e. The molecule has 0 saturated carbocycles. The van der Waals surface area contributed by atoms with E-state index in [1.165, 1.54) is 19.5 Å². The molecule has 4 heteroatoms. The Labute approximate surface area is 136 Å². The summed E-state index contributed by atoms with van der Waals surface area (Å²) in [6.07, 6.45) is 8.05. The van der Waals surface area contributed by atoms with Crippen molar-refractivity contribution < 1.29 is 0 Å². The number of hydrogen-bond acceptors (Lipinski definition) is 2. The second kappa shape index (κ2) is 7.49. The highest BCUT2D eigenvalue weighted by Crippen LogP contribution is 2.26. The second-order valence-electron chi connectivity index (χ2n) is 7.87. The third-order valence-corrected chi connectivity index (χ3v) is 4.99. The third-order valence-electron chi connectivity index (χ3n) is 4.99. The lowest BCUT2D eigenvalue weighted by Gasteiger charge is -2.45. The van der Waals surface area contributed by atoms with Crippen LogP contribution in [0.15, 0.2) is 17.1 Å². The van der Waals surface area contributed by atoms with Crippen LogP contribution in [0.4, 0.5) is 0 Å². The van der Waals surface area contributed by atoms with Crippen LogP contribution in [0, 0.1) is 11.8 Å². The van der Waals surface area contributed by atoms with E-state index in [2.05, 4.69) is 60.4 Å². The van der Waals surface area contributed by atoms with Crippen LogP contribution >= 0.6 is 0 Å². The molecule has 126 valence electrons. The summed E-state index contributed by atoms with van der Waals surface area (Å²) in [5.74, 6) is 2.52. The zero-order valence-electron chi connectivity index (χ0n) is 15.0. The van der Waals surface area contributed by atoms with Gasteiger partial charge in [-0.25, -0.2) is 0 Å². The lowest BCUT2D eigenvalue weighted by Crippen LogP contribution is -2.57. The molecule has 1 heterocycles. The number of nitrogens with zero attached hydrogens (tertiary/aromatic N) is 2. The van der Waals surface area contributed by atoms with E-state index in [0.29, 0.717) is 6.04 Å². The van der Waals surface area contributed by atoms with Crippen molar-refractivity contribution in [2.75, 3.05) is 26.7 Å². The van der Waals surface area contributed by atoms with Crippen LogP contribution in [0.3, 0.4) is 0 Å². The quantitative estimate of drug-likeness (QED) is 0.476. The Hall–Kier alpha value is -1.03. The average Bonchev–Trinajstić information content (AvgIpc) is 2.95. The lowest BCUT2D eigenvalue weighted by molar-refractivity contribution is 0.0483. The Morgan fingerprint density at radius 1 is 1.18 bits per heavy atom. The van der Waals surface area contributed by atoms with Crippen LogP contribution in [-0.4, -0.2) is 49.1 Å². The Bertz CT molecular complexity index is 395. The molecule has 1 fully saturated rings. The van der Waals surface area contributed by atoms with Gasteiger partial charge in [0.25, 0.3) is 0 Å². The van der Waals surface area contributed by atoms with Crippen LogP contribution in [0.1, 0.15) is 47.0 Å². The van der Waals surface area contributed by atoms with Crippen molar-refractivity contribution >= 4 is 5.96 Å². The first-order valence-corrected chi connectivity index (χ1v) is 8.78. The van der Waals surface area contributed by atoms with Gasteiger partial charge in [-0.3, -0.25) is 9.89 Å². The summed E-state index contributed by atoms with van der Waals surface area (Å²) in [4.78, 5) is 7.02. The minimum Gasteiger partial charge on any atom is -0.355 e. The maximum Gasteiger partial charge on any atom is 0.191 e. The number of likely N-dealkylation sites (tertiary alicyclic amines) is 1. The predicted molar refractivity (Wildman–Crippen MR) is 95.3 cm³/mol. The molecular weight excluding hydrogens is 272 g/mol. The van der Waals surface area contributed by atoms with Gasteiger partial charge in [0.2, 0.25) is 0 Å². The van der Waals surface area contributed by atoms with Crippen LogP contribution in [0.5, 0.6) is 0 Å². The fourth-order valence-electron chi connectivity index (χ4n) is 3.69. The Morgan fingerprint density at radius 2 is 1.77 bits per heavy atom. The second-order valence-corrected chi connectivity index (χ2v) is 7.87. The van der Waals surface area contributed by atoms with Crippen molar-refractivity contribution in [3.05, 3.63) is 12.2 Å². The molecule has 0 aromatic heterocycles. The minimum atomic E-state index is 0.147. The number of guanidine groups is 1. The van der Waals surface area contributed by atoms with E-state index in [1.807, 2.05) is 7.05 Å². The van der Waals surface area contributed by atoms with Gasteiger partial charge in [0.15, 0.2) is 5.96 Å².